The molecule has 0 N–H and O–H groups in total. The van der Waals surface area contributed by atoms with Crippen LogP contribution in [0.3, 0.4) is 0 Å². The van der Waals surface area contributed by atoms with E-state index < -0.39 is 5.60 Å². The number of likely N-dealkylation sites (tertiary alicyclic amines) is 1. The Labute approximate surface area is 137 Å². The molecule has 3 rings (SSSR count). The number of carbonyl (C=O) groups is 1. The third-order valence-corrected chi connectivity index (χ3v) is 4.52. The summed E-state index contributed by atoms with van der Waals surface area (Å²) in [6, 6.07) is 5.82. The van der Waals surface area contributed by atoms with E-state index in [4.69, 9.17) is 14.2 Å². The molecule has 126 valence electrons. The zero-order valence-corrected chi connectivity index (χ0v) is 14.3. The van der Waals surface area contributed by atoms with Gasteiger partial charge in [-0.15, -0.1) is 0 Å². The lowest BCUT2D eigenvalue weighted by Gasteiger charge is -2.42. The lowest BCUT2D eigenvalue weighted by atomic mass is 9.86. The molecule has 0 unspecified atom stereocenters. The zero-order chi connectivity index (χ0) is 16.7. The standard InChI is InChI=1S/C18H25NO4/c1-17(2,3)23-16(20)19-10-6-9-18(19)11-13-14(21-4)7-5-8-15(13)22-12-18/h5,7-8H,6,9-12H2,1-4H3/t18-/m1/s1. The average Bonchev–Trinajstić information content (AvgIpc) is 2.88. The Balaban J connectivity index is 1.88. The van der Waals surface area contributed by atoms with Crippen LogP contribution < -0.4 is 9.47 Å². The molecule has 0 bridgehead atoms. The molecule has 1 aromatic rings. The first kappa shape index (κ1) is 16.0. The zero-order valence-electron chi connectivity index (χ0n) is 14.3. The summed E-state index contributed by atoms with van der Waals surface area (Å²) in [4.78, 5) is 14.5. The minimum Gasteiger partial charge on any atom is -0.496 e. The Morgan fingerprint density at radius 1 is 1.35 bits per heavy atom. The van der Waals surface area contributed by atoms with Crippen molar-refractivity contribution in [3.63, 3.8) is 0 Å². The average molecular weight is 319 g/mol. The van der Waals surface area contributed by atoms with Crippen LogP contribution in [-0.4, -0.2) is 42.4 Å². The molecule has 5 nitrogen and oxygen atoms in total. The van der Waals surface area contributed by atoms with E-state index >= 15 is 0 Å². The van der Waals surface area contributed by atoms with Gasteiger partial charge in [0, 0.05) is 18.5 Å². The number of benzene rings is 1. The van der Waals surface area contributed by atoms with Gasteiger partial charge in [-0.1, -0.05) is 6.07 Å². The van der Waals surface area contributed by atoms with Gasteiger partial charge in [0.2, 0.25) is 0 Å². The van der Waals surface area contributed by atoms with Gasteiger partial charge < -0.3 is 14.2 Å². The fourth-order valence-electron chi connectivity index (χ4n) is 3.51. The van der Waals surface area contributed by atoms with E-state index in [2.05, 4.69) is 0 Å². The predicted octanol–water partition coefficient (Wildman–Crippen LogP) is 3.40. The first-order valence-corrected chi connectivity index (χ1v) is 8.14. The quantitative estimate of drug-likeness (QED) is 0.796. The van der Waals surface area contributed by atoms with Gasteiger partial charge in [0.15, 0.2) is 0 Å². The van der Waals surface area contributed by atoms with Crippen molar-refractivity contribution in [2.24, 2.45) is 0 Å². The Morgan fingerprint density at radius 3 is 2.83 bits per heavy atom. The lowest BCUT2D eigenvalue weighted by molar-refractivity contribution is -0.00564. The van der Waals surface area contributed by atoms with Crippen LogP contribution >= 0.6 is 0 Å². The number of nitrogens with zero attached hydrogens (tertiary/aromatic N) is 1. The number of carbonyl (C=O) groups excluding carboxylic acids is 1. The molecule has 5 heteroatoms. The molecule has 0 saturated carbocycles. The summed E-state index contributed by atoms with van der Waals surface area (Å²) in [5.41, 5.74) is 0.215. The van der Waals surface area contributed by atoms with Crippen LogP contribution in [0.2, 0.25) is 0 Å². The molecule has 1 saturated heterocycles. The Kier molecular flexibility index (Phi) is 3.90. The van der Waals surface area contributed by atoms with Crippen LogP contribution in [0, 0.1) is 0 Å². The number of fused-ring (bicyclic) bond motifs is 1. The van der Waals surface area contributed by atoms with Crippen molar-refractivity contribution in [3.8, 4) is 11.5 Å². The highest BCUT2D eigenvalue weighted by molar-refractivity contribution is 5.70. The maximum Gasteiger partial charge on any atom is 0.410 e. The highest BCUT2D eigenvalue weighted by Gasteiger charge is 2.48. The molecule has 1 amide bonds. The van der Waals surface area contributed by atoms with Gasteiger partial charge in [0.1, 0.15) is 23.7 Å². The fraction of sp³-hybridized carbons (Fsp3) is 0.611. The normalized spacial score (nSPS) is 23.4. The molecule has 1 atom stereocenters. The van der Waals surface area contributed by atoms with Crippen molar-refractivity contribution in [2.75, 3.05) is 20.3 Å². The summed E-state index contributed by atoms with van der Waals surface area (Å²) < 4.78 is 17.1. The number of ether oxygens (including phenoxy) is 3. The summed E-state index contributed by atoms with van der Waals surface area (Å²) in [6.45, 7) is 6.89. The van der Waals surface area contributed by atoms with E-state index in [1.165, 1.54) is 0 Å². The highest BCUT2D eigenvalue weighted by atomic mass is 16.6. The van der Waals surface area contributed by atoms with Gasteiger partial charge in [-0.25, -0.2) is 4.79 Å². The molecule has 1 fully saturated rings. The van der Waals surface area contributed by atoms with Gasteiger partial charge in [0.25, 0.3) is 0 Å². The second-order valence-electron chi connectivity index (χ2n) is 7.36. The van der Waals surface area contributed by atoms with Crippen molar-refractivity contribution < 1.29 is 19.0 Å². The Bertz CT molecular complexity index is 593. The molecule has 2 aliphatic heterocycles. The second-order valence-corrected chi connectivity index (χ2v) is 7.36. The first-order chi connectivity index (χ1) is 10.8. The third-order valence-electron chi connectivity index (χ3n) is 4.52. The number of methoxy groups -OCH3 is 1. The monoisotopic (exact) mass is 319 g/mol. The number of rotatable bonds is 1. The van der Waals surface area contributed by atoms with E-state index in [1.807, 2.05) is 43.9 Å². The summed E-state index contributed by atoms with van der Waals surface area (Å²) in [5.74, 6) is 1.67. The smallest absolute Gasteiger partial charge is 0.410 e. The predicted molar refractivity (Wildman–Crippen MR) is 87.1 cm³/mol. The van der Waals surface area contributed by atoms with Crippen molar-refractivity contribution in [1.29, 1.82) is 0 Å². The molecule has 2 heterocycles. The number of hydrogen-bond donors (Lipinski definition) is 0. The van der Waals surface area contributed by atoms with Crippen LogP contribution in [0.1, 0.15) is 39.2 Å². The third kappa shape index (κ3) is 2.96. The lowest BCUT2D eigenvalue weighted by Crippen LogP contribution is -2.55. The minimum atomic E-state index is -0.494. The van der Waals surface area contributed by atoms with Crippen molar-refractivity contribution in [3.05, 3.63) is 23.8 Å². The molecule has 0 aliphatic carbocycles. The van der Waals surface area contributed by atoms with Gasteiger partial charge in [0.05, 0.1) is 12.6 Å². The highest BCUT2D eigenvalue weighted by Crippen LogP contribution is 2.43. The molecule has 23 heavy (non-hydrogen) atoms. The van der Waals surface area contributed by atoms with Crippen LogP contribution in [-0.2, 0) is 11.2 Å². The van der Waals surface area contributed by atoms with Crippen molar-refractivity contribution in [1.82, 2.24) is 4.90 Å². The topological polar surface area (TPSA) is 48.0 Å². The van der Waals surface area contributed by atoms with Gasteiger partial charge in [-0.2, -0.15) is 0 Å². The molecule has 1 aromatic carbocycles. The molecule has 1 spiro atoms. The molecule has 2 aliphatic rings. The second kappa shape index (κ2) is 5.62. The molecule has 0 radical (unpaired) electrons. The Hall–Kier alpha value is -1.91. The Morgan fingerprint density at radius 2 is 2.13 bits per heavy atom. The van der Waals surface area contributed by atoms with E-state index in [0.29, 0.717) is 13.2 Å². The van der Waals surface area contributed by atoms with Crippen molar-refractivity contribution >= 4 is 6.09 Å². The summed E-state index contributed by atoms with van der Waals surface area (Å²) in [5, 5.41) is 0. The van der Waals surface area contributed by atoms with E-state index in [0.717, 1.165) is 36.3 Å². The molecule has 0 aromatic heterocycles. The molecular weight excluding hydrogens is 294 g/mol. The largest absolute Gasteiger partial charge is 0.496 e. The number of hydrogen-bond acceptors (Lipinski definition) is 4. The first-order valence-electron chi connectivity index (χ1n) is 8.14. The van der Waals surface area contributed by atoms with Crippen molar-refractivity contribution in [2.45, 2.75) is 51.2 Å². The fourth-order valence-corrected chi connectivity index (χ4v) is 3.51. The van der Waals surface area contributed by atoms with E-state index in [-0.39, 0.29) is 11.6 Å². The van der Waals surface area contributed by atoms with Crippen LogP contribution in [0.4, 0.5) is 4.79 Å². The van der Waals surface area contributed by atoms with Gasteiger partial charge in [-0.3, -0.25) is 4.90 Å². The maximum absolute atomic E-state index is 12.6. The van der Waals surface area contributed by atoms with Gasteiger partial charge >= 0.3 is 6.09 Å². The molecular formula is C18H25NO4. The summed E-state index contributed by atoms with van der Waals surface area (Å²) in [6.07, 6.45) is 2.37. The maximum atomic E-state index is 12.6. The minimum absolute atomic E-state index is 0.253. The van der Waals surface area contributed by atoms with E-state index in [1.54, 1.807) is 7.11 Å². The summed E-state index contributed by atoms with van der Waals surface area (Å²) in [7, 11) is 1.66. The van der Waals surface area contributed by atoms with Crippen LogP contribution in [0.15, 0.2) is 18.2 Å². The van der Waals surface area contributed by atoms with Gasteiger partial charge in [-0.05, 0) is 45.7 Å². The SMILES string of the molecule is COc1cccc2c1C[C@]1(CCCN1C(=O)OC(C)(C)C)CO2. The van der Waals surface area contributed by atoms with E-state index in [9.17, 15) is 4.79 Å². The number of amides is 1. The van der Waals surface area contributed by atoms with Crippen LogP contribution in [0.25, 0.3) is 0 Å². The van der Waals surface area contributed by atoms with Crippen LogP contribution in [0.5, 0.6) is 11.5 Å². The summed E-state index contributed by atoms with van der Waals surface area (Å²) >= 11 is 0.